The van der Waals surface area contributed by atoms with Gasteiger partial charge in [0.1, 0.15) is 33.9 Å². The van der Waals surface area contributed by atoms with Gasteiger partial charge in [0, 0.05) is 20.0 Å². The van der Waals surface area contributed by atoms with Crippen LogP contribution in [0.4, 0.5) is 0 Å². The molecule has 2 aliphatic rings. The zero-order valence-corrected chi connectivity index (χ0v) is 25.8. The fourth-order valence-corrected chi connectivity index (χ4v) is 7.83. The van der Waals surface area contributed by atoms with E-state index in [1.807, 2.05) is 30.3 Å². The van der Waals surface area contributed by atoms with Crippen molar-refractivity contribution in [2.24, 2.45) is 13.0 Å². The van der Waals surface area contributed by atoms with Gasteiger partial charge in [-0.2, -0.15) is 9.40 Å². The standard InChI is InChI=1S/C27H34ClN9O5S/c1-15(2)22-27(40)30-20(10-17-8-6-5-7-9-17)25(38)29-12-18-13-36(34-32-18)19-11-21(26(39)31-22)37(14-19)43(41,42)23-16(3)33-35(4)24(23)28/h5-9,13,15,19-22H,10-12,14H2,1-4H3,(H,29,38)(H,30,40)(H,31,39)/t19-,20+,21-,22-/m0/s1. The van der Waals surface area contributed by atoms with Crippen molar-refractivity contribution < 1.29 is 22.8 Å². The first-order chi connectivity index (χ1) is 20.4. The Morgan fingerprint density at radius 1 is 1.07 bits per heavy atom. The van der Waals surface area contributed by atoms with Crippen LogP contribution in [0.25, 0.3) is 0 Å². The number of sulfonamides is 1. The van der Waals surface area contributed by atoms with Gasteiger partial charge in [-0.05, 0) is 24.8 Å². The van der Waals surface area contributed by atoms with Gasteiger partial charge in [0.25, 0.3) is 0 Å². The third-order valence-electron chi connectivity index (χ3n) is 7.74. The van der Waals surface area contributed by atoms with E-state index in [1.165, 1.54) is 23.3 Å². The normalized spacial score (nSPS) is 23.8. The Bertz CT molecular complexity index is 1640. The van der Waals surface area contributed by atoms with Crippen LogP contribution in [0.15, 0.2) is 41.4 Å². The molecule has 1 fully saturated rings. The van der Waals surface area contributed by atoms with Gasteiger partial charge in [0.2, 0.25) is 27.7 Å². The van der Waals surface area contributed by atoms with Crippen LogP contribution in [-0.2, 0) is 44.4 Å². The van der Waals surface area contributed by atoms with Gasteiger partial charge in [0.15, 0.2) is 0 Å². The number of nitrogens with one attached hydrogen (secondary N) is 3. The summed E-state index contributed by atoms with van der Waals surface area (Å²) in [7, 11) is -2.77. The molecule has 0 aliphatic carbocycles. The largest absolute Gasteiger partial charge is 0.349 e. The summed E-state index contributed by atoms with van der Waals surface area (Å²) in [5.74, 6) is -2.02. The Balaban J connectivity index is 1.52. The number of amides is 3. The van der Waals surface area contributed by atoms with Crippen molar-refractivity contribution in [2.75, 3.05) is 6.54 Å². The summed E-state index contributed by atoms with van der Waals surface area (Å²) in [6, 6.07) is 5.50. The molecule has 0 spiro atoms. The van der Waals surface area contributed by atoms with Crippen LogP contribution >= 0.6 is 11.6 Å². The lowest BCUT2D eigenvalue weighted by Crippen LogP contribution is -2.58. The Kier molecular flexibility index (Phi) is 8.58. The van der Waals surface area contributed by atoms with Gasteiger partial charge in [-0.3, -0.25) is 19.1 Å². The van der Waals surface area contributed by atoms with Gasteiger partial charge in [-0.15, -0.1) is 5.10 Å². The summed E-state index contributed by atoms with van der Waals surface area (Å²) >= 11 is 6.35. The number of carbonyl (C=O) groups excluding carboxylic acids is 3. The van der Waals surface area contributed by atoms with Crippen LogP contribution in [-0.4, -0.2) is 79.9 Å². The Morgan fingerprint density at radius 3 is 2.44 bits per heavy atom. The highest BCUT2D eigenvalue weighted by Crippen LogP contribution is 2.36. The van der Waals surface area contributed by atoms with Crippen molar-refractivity contribution in [3.63, 3.8) is 0 Å². The maximum absolute atomic E-state index is 14.0. The van der Waals surface area contributed by atoms with Gasteiger partial charge >= 0.3 is 0 Å². The molecule has 0 saturated carbocycles. The predicted molar refractivity (Wildman–Crippen MR) is 155 cm³/mol. The second-order valence-electron chi connectivity index (χ2n) is 11.2. The summed E-state index contributed by atoms with van der Waals surface area (Å²) in [4.78, 5) is 40.5. The number of hydrogen-bond acceptors (Lipinski definition) is 8. The molecule has 2 aromatic heterocycles. The molecule has 4 atom stereocenters. The maximum atomic E-state index is 14.0. The van der Waals surface area contributed by atoms with E-state index in [9.17, 15) is 22.8 Å². The van der Waals surface area contributed by atoms with E-state index in [0.29, 0.717) is 5.69 Å². The molecule has 1 aromatic carbocycles. The number of benzene rings is 1. The van der Waals surface area contributed by atoms with Gasteiger partial charge in [-0.1, -0.05) is 61.0 Å². The molecule has 4 bridgehead atoms. The highest BCUT2D eigenvalue weighted by atomic mass is 35.5. The number of aromatic nitrogens is 5. The molecule has 3 aromatic rings. The van der Waals surface area contributed by atoms with Crippen molar-refractivity contribution in [3.05, 3.63) is 58.6 Å². The molecule has 16 heteroatoms. The van der Waals surface area contributed by atoms with Gasteiger partial charge in [0.05, 0.1) is 24.5 Å². The Morgan fingerprint density at radius 2 is 1.79 bits per heavy atom. The predicted octanol–water partition coefficient (Wildman–Crippen LogP) is 0.476. The second-order valence-corrected chi connectivity index (χ2v) is 13.4. The average molecular weight is 632 g/mol. The summed E-state index contributed by atoms with van der Waals surface area (Å²) < 4.78 is 31.8. The van der Waals surface area contributed by atoms with E-state index < -0.39 is 51.9 Å². The van der Waals surface area contributed by atoms with Crippen LogP contribution in [0.5, 0.6) is 0 Å². The number of hydrogen-bond donors (Lipinski definition) is 3. The molecule has 4 heterocycles. The van der Waals surface area contributed by atoms with E-state index >= 15 is 0 Å². The van der Waals surface area contributed by atoms with Crippen LogP contribution in [0.3, 0.4) is 0 Å². The van der Waals surface area contributed by atoms with Crippen molar-refractivity contribution in [1.82, 2.24) is 45.0 Å². The zero-order chi connectivity index (χ0) is 31.1. The van der Waals surface area contributed by atoms with Crippen LogP contribution < -0.4 is 16.0 Å². The molecule has 0 radical (unpaired) electrons. The van der Waals surface area contributed by atoms with E-state index in [4.69, 9.17) is 11.6 Å². The second kappa shape index (κ2) is 12.1. The van der Waals surface area contributed by atoms with Crippen LogP contribution in [0.1, 0.15) is 43.3 Å². The highest BCUT2D eigenvalue weighted by Gasteiger charge is 2.47. The summed E-state index contributed by atoms with van der Waals surface area (Å²) in [6.45, 7) is 4.98. The number of fused-ring (bicyclic) bond motifs is 5. The highest BCUT2D eigenvalue weighted by molar-refractivity contribution is 7.89. The smallest absolute Gasteiger partial charge is 0.248 e. The van der Waals surface area contributed by atoms with Crippen molar-refractivity contribution >= 4 is 39.3 Å². The number of aryl methyl sites for hydroxylation is 2. The van der Waals surface area contributed by atoms with Crippen LogP contribution in [0, 0.1) is 12.8 Å². The monoisotopic (exact) mass is 631 g/mol. The summed E-state index contributed by atoms with van der Waals surface area (Å²) in [5, 5.41) is 20.8. The SMILES string of the molecule is Cc1nn(C)c(Cl)c1S(=O)(=O)N1C[C@@H]2C[C@H]1C(=O)N[C@@H](C(C)C)C(=O)N[C@H](Cc1ccccc1)C(=O)NCc1cn2nn1. The molecule has 2 aliphatic heterocycles. The van der Waals surface area contributed by atoms with Crippen LogP contribution in [0.2, 0.25) is 5.15 Å². The molecule has 14 nitrogen and oxygen atoms in total. The summed E-state index contributed by atoms with van der Waals surface area (Å²) in [5.41, 5.74) is 1.46. The first-order valence-electron chi connectivity index (χ1n) is 13.9. The molecular formula is C27H34ClN9O5S. The minimum Gasteiger partial charge on any atom is -0.349 e. The Labute approximate surface area is 254 Å². The molecule has 3 N–H and O–H groups in total. The average Bonchev–Trinajstić information content (AvgIpc) is 3.67. The van der Waals surface area contributed by atoms with Gasteiger partial charge in [-0.25, -0.2) is 13.1 Å². The number of nitrogens with zero attached hydrogens (tertiary/aromatic N) is 6. The van der Waals surface area contributed by atoms with E-state index in [0.717, 1.165) is 9.87 Å². The van der Waals surface area contributed by atoms with E-state index in [2.05, 4.69) is 31.4 Å². The summed E-state index contributed by atoms with van der Waals surface area (Å²) in [6.07, 6.45) is 1.89. The fraction of sp³-hybridized carbons (Fsp3) is 0.481. The number of carbonyl (C=O) groups is 3. The lowest BCUT2D eigenvalue weighted by molar-refractivity contribution is -0.133. The van der Waals surface area contributed by atoms with Crippen molar-refractivity contribution in [2.45, 2.75) is 69.2 Å². The molecule has 43 heavy (non-hydrogen) atoms. The quantitative estimate of drug-likeness (QED) is 0.365. The number of halogens is 1. The zero-order valence-electron chi connectivity index (χ0n) is 24.2. The first kappa shape index (κ1) is 30.6. The van der Waals surface area contributed by atoms with Gasteiger partial charge < -0.3 is 16.0 Å². The first-order valence-corrected chi connectivity index (χ1v) is 15.7. The molecule has 3 amide bonds. The molecule has 1 saturated heterocycles. The lowest BCUT2D eigenvalue weighted by atomic mass is 10.0. The third kappa shape index (κ3) is 6.15. The molecule has 0 unspecified atom stereocenters. The fourth-order valence-electron chi connectivity index (χ4n) is 5.48. The molecule has 230 valence electrons. The van der Waals surface area contributed by atoms with Crippen molar-refractivity contribution in [3.8, 4) is 0 Å². The molecule has 5 rings (SSSR count). The topological polar surface area (TPSA) is 173 Å². The molecular weight excluding hydrogens is 598 g/mol. The lowest BCUT2D eigenvalue weighted by Gasteiger charge is -2.28. The Hall–Kier alpha value is -3.82. The van der Waals surface area contributed by atoms with E-state index in [-0.39, 0.29) is 47.6 Å². The van der Waals surface area contributed by atoms with E-state index in [1.54, 1.807) is 20.0 Å². The minimum absolute atomic E-state index is 0.0352. The minimum atomic E-state index is -4.30. The number of rotatable bonds is 5. The third-order valence-corrected chi connectivity index (χ3v) is 10.3. The maximum Gasteiger partial charge on any atom is 0.248 e. The van der Waals surface area contributed by atoms with Crippen molar-refractivity contribution in [1.29, 1.82) is 0 Å².